The fraction of sp³-hybridized carbons (Fsp3) is 0.500. The van der Waals surface area contributed by atoms with Gasteiger partial charge in [0, 0.05) is 12.6 Å². The molecule has 0 heterocycles. The van der Waals surface area contributed by atoms with Crippen molar-refractivity contribution < 1.29 is 9.13 Å². The molecule has 2 nitrogen and oxygen atoms in total. The lowest BCUT2D eigenvalue weighted by molar-refractivity contribution is 0.141. The van der Waals surface area contributed by atoms with Crippen molar-refractivity contribution in [3.8, 4) is 0 Å². The molecule has 1 unspecified atom stereocenters. The number of nitrogens with one attached hydrogen (secondary N) is 1. The molecule has 84 valence electrons. The normalized spacial score (nSPS) is 12.5. The second-order valence-corrected chi connectivity index (χ2v) is 3.64. The minimum Gasteiger partial charge on any atom is -0.380 e. The lowest BCUT2D eigenvalue weighted by atomic mass is 10.2. The predicted molar refractivity (Wildman–Crippen MR) is 60.7 cm³/mol. The molecule has 3 heteroatoms. The van der Waals surface area contributed by atoms with E-state index in [1.54, 1.807) is 19.1 Å². The summed E-state index contributed by atoms with van der Waals surface area (Å²) in [5.41, 5.74) is 1.20. The van der Waals surface area contributed by atoms with Crippen LogP contribution in [0.2, 0.25) is 0 Å². The minimum atomic E-state index is -0.180. The van der Waals surface area contributed by atoms with Crippen LogP contribution in [0.5, 0.6) is 0 Å². The van der Waals surface area contributed by atoms with E-state index < -0.39 is 0 Å². The average molecular weight is 211 g/mol. The highest BCUT2D eigenvalue weighted by Crippen LogP contribution is 2.17. The largest absolute Gasteiger partial charge is 0.380 e. The molecular weight excluding hydrogens is 193 g/mol. The van der Waals surface area contributed by atoms with E-state index in [2.05, 4.69) is 5.32 Å². The monoisotopic (exact) mass is 211 g/mol. The molecule has 1 aromatic carbocycles. The maximum atomic E-state index is 13.6. The number of rotatable bonds is 5. The van der Waals surface area contributed by atoms with Crippen LogP contribution in [-0.2, 0) is 4.74 Å². The van der Waals surface area contributed by atoms with Gasteiger partial charge in [0.15, 0.2) is 0 Å². The van der Waals surface area contributed by atoms with Gasteiger partial charge in [-0.15, -0.1) is 0 Å². The molecule has 0 aliphatic rings. The maximum Gasteiger partial charge on any atom is 0.149 e. The number of halogens is 1. The van der Waals surface area contributed by atoms with Gasteiger partial charge in [0.05, 0.1) is 12.3 Å². The summed E-state index contributed by atoms with van der Waals surface area (Å²) in [4.78, 5) is 0. The summed E-state index contributed by atoms with van der Waals surface area (Å²) in [7, 11) is 0. The van der Waals surface area contributed by atoms with E-state index in [-0.39, 0.29) is 11.9 Å². The third-order valence-electron chi connectivity index (χ3n) is 2.17. The second-order valence-electron chi connectivity index (χ2n) is 3.64. The Morgan fingerprint density at radius 3 is 2.87 bits per heavy atom. The molecular formula is C12H18FNO. The van der Waals surface area contributed by atoms with E-state index in [1.165, 1.54) is 0 Å². The quantitative estimate of drug-likeness (QED) is 0.808. The smallest absolute Gasteiger partial charge is 0.149 e. The zero-order chi connectivity index (χ0) is 11.3. The highest BCUT2D eigenvalue weighted by molar-refractivity contribution is 5.47. The molecule has 15 heavy (non-hydrogen) atoms. The van der Waals surface area contributed by atoms with E-state index in [1.807, 2.05) is 19.9 Å². The molecule has 0 spiro atoms. The number of hydrogen-bond donors (Lipinski definition) is 1. The van der Waals surface area contributed by atoms with Crippen LogP contribution in [0.3, 0.4) is 0 Å². The molecule has 0 aromatic heterocycles. The van der Waals surface area contributed by atoms with Crippen LogP contribution >= 0.6 is 0 Å². The number of ether oxygens (including phenoxy) is 1. The molecule has 1 rings (SSSR count). The van der Waals surface area contributed by atoms with Gasteiger partial charge in [-0.3, -0.25) is 0 Å². The summed E-state index contributed by atoms with van der Waals surface area (Å²) >= 11 is 0. The van der Waals surface area contributed by atoms with E-state index in [9.17, 15) is 4.39 Å². The van der Waals surface area contributed by atoms with Gasteiger partial charge in [0.1, 0.15) is 5.82 Å². The second kappa shape index (κ2) is 5.71. The van der Waals surface area contributed by atoms with E-state index in [0.29, 0.717) is 24.5 Å². The summed E-state index contributed by atoms with van der Waals surface area (Å²) < 4.78 is 18.8. The SMILES string of the molecule is CCOCC(C)Nc1cccc(C)c1F. The number of benzene rings is 1. The Morgan fingerprint density at radius 2 is 2.20 bits per heavy atom. The number of anilines is 1. The Hall–Kier alpha value is -1.09. The number of hydrogen-bond acceptors (Lipinski definition) is 2. The predicted octanol–water partition coefficient (Wildman–Crippen LogP) is 2.97. The molecule has 0 bridgehead atoms. The summed E-state index contributed by atoms with van der Waals surface area (Å²) in [6.45, 7) is 6.94. The van der Waals surface area contributed by atoms with Gasteiger partial charge < -0.3 is 10.1 Å². The van der Waals surface area contributed by atoms with Crippen molar-refractivity contribution in [2.24, 2.45) is 0 Å². The Kier molecular flexibility index (Phi) is 4.56. The minimum absolute atomic E-state index is 0.112. The van der Waals surface area contributed by atoms with Gasteiger partial charge in [-0.1, -0.05) is 12.1 Å². The fourth-order valence-corrected chi connectivity index (χ4v) is 1.36. The summed E-state index contributed by atoms with van der Waals surface area (Å²) in [6, 6.07) is 5.45. The molecule has 0 amide bonds. The average Bonchev–Trinajstić information content (AvgIpc) is 2.22. The van der Waals surface area contributed by atoms with Crippen molar-refractivity contribution in [2.75, 3.05) is 18.5 Å². The molecule has 1 atom stereocenters. The van der Waals surface area contributed by atoms with Crippen LogP contribution in [0.15, 0.2) is 18.2 Å². The van der Waals surface area contributed by atoms with E-state index in [0.717, 1.165) is 0 Å². The molecule has 0 saturated carbocycles. The lowest BCUT2D eigenvalue weighted by Gasteiger charge is -2.16. The first-order chi connectivity index (χ1) is 7.15. The van der Waals surface area contributed by atoms with Gasteiger partial charge in [0.2, 0.25) is 0 Å². The van der Waals surface area contributed by atoms with Crippen molar-refractivity contribution in [1.29, 1.82) is 0 Å². The van der Waals surface area contributed by atoms with Gasteiger partial charge in [-0.05, 0) is 32.4 Å². The molecule has 0 radical (unpaired) electrons. The van der Waals surface area contributed by atoms with Crippen LogP contribution in [0, 0.1) is 12.7 Å². The Bertz CT molecular complexity index is 314. The molecule has 0 fully saturated rings. The molecule has 0 aliphatic carbocycles. The van der Waals surface area contributed by atoms with Crippen molar-refractivity contribution in [2.45, 2.75) is 26.8 Å². The van der Waals surface area contributed by atoms with Crippen molar-refractivity contribution >= 4 is 5.69 Å². The Morgan fingerprint density at radius 1 is 1.47 bits per heavy atom. The first kappa shape index (κ1) is 12.0. The van der Waals surface area contributed by atoms with Crippen LogP contribution in [0.1, 0.15) is 19.4 Å². The molecule has 1 N–H and O–H groups in total. The van der Waals surface area contributed by atoms with Crippen LogP contribution in [-0.4, -0.2) is 19.3 Å². The van der Waals surface area contributed by atoms with E-state index in [4.69, 9.17) is 4.74 Å². The lowest BCUT2D eigenvalue weighted by Crippen LogP contribution is -2.22. The number of aryl methyl sites for hydroxylation is 1. The van der Waals surface area contributed by atoms with E-state index >= 15 is 0 Å². The zero-order valence-electron chi connectivity index (χ0n) is 9.51. The maximum absolute atomic E-state index is 13.6. The van der Waals surface area contributed by atoms with Gasteiger partial charge in [-0.25, -0.2) is 4.39 Å². The highest BCUT2D eigenvalue weighted by Gasteiger charge is 2.07. The summed E-state index contributed by atoms with van der Waals surface area (Å²) in [5.74, 6) is -0.180. The van der Waals surface area contributed by atoms with Crippen LogP contribution in [0.4, 0.5) is 10.1 Å². The van der Waals surface area contributed by atoms with Crippen molar-refractivity contribution in [3.05, 3.63) is 29.6 Å². The Balaban J connectivity index is 2.60. The standard InChI is InChI=1S/C12H18FNO/c1-4-15-8-10(3)14-11-7-5-6-9(2)12(11)13/h5-7,10,14H,4,8H2,1-3H3. The van der Waals surface area contributed by atoms with Gasteiger partial charge >= 0.3 is 0 Å². The highest BCUT2D eigenvalue weighted by atomic mass is 19.1. The topological polar surface area (TPSA) is 21.3 Å². The first-order valence-corrected chi connectivity index (χ1v) is 5.24. The third-order valence-corrected chi connectivity index (χ3v) is 2.17. The Labute approximate surface area is 90.4 Å². The zero-order valence-corrected chi connectivity index (χ0v) is 9.51. The first-order valence-electron chi connectivity index (χ1n) is 5.24. The summed E-state index contributed by atoms with van der Waals surface area (Å²) in [5, 5.41) is 3.09. The fourth-order valence-electron chi connectivity index (χ4n) is 1.36. The molecule has 1 aromatic rings. The van der Waals surface area contributed by atoms with Crippen LogP contribution in [0.25, 0.3) is 0 Å². The summed E-state index contributed by atoms with van der Waals surface area (Å²) in [6.07, 6.45) is 0. The van der Waals surface area contributed by atoms with Gasteiger partial charge in [-0.2, -0.15) is 0 Å². The molecule has 0 saturated heterocycles. The van der Waals surface area contributed by atoms with Crippen molar-refractivity contribution in [1.82, 2.24) is 0 Å². The van der Waals surface area contributed by atoms with Gasteiger partial charge in [0.25, 0.3) is 0 Å². The molecule has 0 aliphatic heterocycles. The van der Waals surface area contributed by atoms with Crippen LogP contribution < -0.4 is 5.32 Å². The van der Waals surface area contributed by atoms with Crippen molar-refractivity contribution in [3.63, 3.8) is 0 Å². The third kappa shape index (κ3) is 3.51.